The molecule has 0 N–H and O–H groups in total. The summed E-state index contributed by atoms with van der Waals surface area (Å²) in [7, 11) is 0. The Hall–Kier alpha value is 0.650. The highest BCUT2D eigenvalue weighted by Crippen LogP contribution is 2.43. The molecule has 0 spiro atoms. The molecule has 0 fully saturated rings. The van der Waals surface area contributed by atoms with Crippen LogP contribution in [0.15, 0.2) is 15.9 Å². The average Bonchev–Trinajstić information content (AvgIpc) is 2.72. The van der Waals surface area contributed by atoms with Gasteiger partial charge in [0, 0.05) is 14.6 Å². The topological polar surface area (TPSA) is 0 Å². The van der Waals surface area contributed by atoms with E-state index in [4.69, 9.17) is 11.6 Å². The molecule has 0 bridgehead atoms. The molecule has 0 radical (unpaired) electrons. The summed E-state index contributed by atoms with van der Waals surface area (Å²) in [6.07, 6.45) is 0. The zero-order valence-electron chi connectivity index (χ0n) is 8.68. The Morgan fingerprint density at radius 2 is 1.81 bits per heavy atom. The summed E-state index contributed by atoms with van der Waals surface area (Å²) in [4.78, 5) is 4.19. The summed E-state index contributed by atoms with van der Waals surface area (Å²) in [5.41, 5.74) is 1.35. The van der Waals surface area contributed by atoms with E-state index < -0.39 is 0 Å². The van der Waals surface area contributed by atoms with E-state index in [-0.39, 0.29) is 4.83 Å². The van der Waals surface area contributed by atoms with E-state index in [0.29, 0.717) is 0 Å². The Kier molecular flexibility index (Phi) is 4.18. The lowest BCUT2D eigenvalue weighted by Crippen LogP contribution is -1.83. The molecule has 2 rings (SSSR count). The molecule has 1 atom stereocenters. The molecule has 0 amide bonds. The summed E-state index contributed by atoms with van der Waals surface area (Å²) in [6, 6.07) is 4.25. The quantitative estimate of drug-likeness (QED) is 0.517. The van der Waals surface area contributed by atoms with E-state index in [2.05, 4.69) is 51.8 Å². The van der Waals surface area contributed by atoms with Crippen LogP contribution < -0.4 is 0 Å². The van der Waals surface area contributed by atoms with Crippen molar-refractivity contribution in [3.8, 4) is 0 Å². The lowest BCUT2D eigenvalue weighted by atomic mass is 10.2. The van der Waals surface area contributed by atoms with Crippen molar-refractivity contribution < 1.29 is 0 Å². The highest BCUT2D eigenvalue weighted by molar-refractivity contribution is 9.11. The molecule has 0 aliphatic carbocycles. The molecule has 5 heteroatoms. The van der Waals surface area contributed by atoms with Gasteiger partial charge in [-0.15, -0.1) is 22.7 Å². The van der Waals surface area contributed by atoms with Crippen molar-refractivity contribution in [3.63, 3.8) is 0 Å². The molecule has 2 aromatic rings. The van der Waals surface area contributed by atoms with Gasteiger partial charge >= 0.3 is 0 Å². The van der Waals surface area contributed by atoms with Crippen LogP contribution in [-0.2, 0) is 0 Å². The second-order valence-corrected chi connectivity index (χ2v) is 8.53. The van der Waals surface area contributed by atoms with Crippen molar-refractivity contribution in [2.24, 2.45) is 0 Å². The largest absolute Gasteiger partial charge is 0.144 e. The zero-order valence-corrected chi connectivity index (χ0v) is 14.2. The van der Waals surface area contributed by atoms with Crippen LogP contribution in [0.2, 0.25) is 5.02 Å². The maximum atomic E-state index is 6.04. The maximum Gasteiger partial charge on any atom is 0.0887 e. The Balaban J connectivity index is 2.34. The lowest BCUT2D eigenvalue weighted by Gasteiger charge is -2.03. The van der Waals surface area contributed by atoms with Crippen LogP contribution in [0.1, 0.15) is 25.0 Å². The van der Waals surface area contributed by atoms with Crippen molar-refractivity contribution in [1.82, 2.24) is 0 Å². The van der Waals surface area contributed by atoms with Gasteiger partial charge in [-0.25, -0.2) is 0 Å². The fourth-order valence-electron chi connectivity index (χ4n) is 1.36. The normalized spacial score (nSPS) is 13.1. The summed E-state index contributed by atoms with van der Waals surface area (Å²) < 4.78 is 0.999. The molecule has 0 aliphatic heterocycles. The van der Waals surface area contributed by atoms with E-state index in [1.54, 1.807) is 11.3 Å². The Morgan fingerprint density at radius 3 is 2.25 bits per heavy atom. The molecule has 0 aromatic carbocycles. The summed E-state index contributed by atoms with van der Waals surface area (Å²) in [5.74, 6) is 0. The number of thiophene rings is 2. The van der Waals surface area contributed by atoms with Gasteiger partial charge in [-0.2, -0.15) is 0 Å². The highest BCUT2D eigenvalue weighted by atomic mass is 79.9. The lowest BCUT2D eigenvalue weighted by molar-refractivity contribution is 1.28. The van der Waals surface area contributed by atoms with Crippen LogP contribution in [0, 0.1) is 13.8 Å². The van der Waals surface area contributed by atoms with Gasteiger partial charge in [0.1, 0.15) is 0 Å². The highest BCUT2D eigenvalue weighted by Gasteiger charge is 2.17. The summed E-state index contributed by atoms with van der Waals surface area (Å²) in [6.45, 7) is 4.30. The Labute approximate surface area is 125 Å². The predicted octanol–water partition coefficient (Wildman–Crippen LogP) is 6.33. The minimum Gasteiger partial charge on any atom is -0.144 e. The molecule has 2 heterocycles. The van der Waals surface area contributed by atoms with Crippen LogP contribution in [0.3, 0.4) is 0 Å². The number of halogens is 3. The molecular weight excluding hydrogens is 392 g/mol. The molecule has 0 nitrogen and oxygen atoms in total. The van der Waals surface area contributed by atoms with Crippen LogP contribution in [0.25, 0.3) is 0 Å². The van der Waals surface area contributed by atoms with E-state index in [9.17, 15) is 0 Å². The first kappa shape index (κ1) is 13.1. The molecule has 0 aliphatic rings. The molecular formula is C11H9Br2ClS2. The molecule has 1 unspecified atom stereocenters. The Morgan fingerprint density at radius 1 is 1.19 bits per heavy atom. The van der Waals surface area contributed by atoms with Gasteiger partial charge in [-0.3, -0.25) is 0 Å². The second-order valence-electron chi connectivity index (χ2n) is 3.52. The second kappa shape index (κ2) is 5.11. The van der Waals surface area contributed by atoms with Gasteiger partial charge in [0.2, 0.25) is 0 Å². The monoisotopic (exact) mass is 398 g/mol. The molecule has 2 aromatic heterocycles. The third-order valence-electron chi connectivity index (χ3n) is 2.35. The Bertz CT molecular complexity index is 431. The molecule has 16 heavy (non-hydrogen) atoms. The van der Waals surface area contributed by atoms with Gasteiger partial charge in [0.05, 0.1) is 13.6 Å². The fraction of sp³-hybridized carbons (Fsp3) is 0.273. The minimum atomic E-state index is 0.249. The summed E-state index contributed by atoms with van der Waals surface area (Å²) >= 11 is 16.7. The standard InChI is InChI=1S/C11H9Br2ClS2/c1-5-3-8(15-6(5)2)10(12)9-4-7(14)11(13)16-9/h3-4,10H,1-2H3. The molecule has 0 saturated carbocycles. The van der Waals surface area contributed by atoms with Crippen molar-refractivity contribution in [1.29, 1.82) is 0 Å². The first-order valence-electron chi connectivity index (χ1n) is 4.64. The number of hydrogen-bond acceptors (Lipinski definition) is 2. The van der Waals surface area contributed by atoms with Gasteiger partial charge in [0.25, 0.3) is 0 Å². The van der Waals surface area contributed by atoms with Crippen LogP contribution in [0.4, 0.5) is 0 Å². The van der Waals surface area contributed by atoms with Crippen molar-refractivity contribution in [2.75, 3.05) is 0 Å². The number of hydrogen-bond donors (Lipinski definition) is 0. The number of aryl methyl sites for hydroxylation is 2. The van der Waals surface area contributed by atoms with E-state index in [1.165, 1.54) is 20.2 Å². The van der Waals surface area contributed by atoms with Crippen LogP contribution in [0.5, 0.6) is 0 Å². The van der Waals surface area contributed by atoms with Crippen molar-refractivity contribution >= 4 is 66.1 Å². The predicted molar refractivity (Wildman–Crippen MR) is 81.6 cm³/mol. The van der Waals surface area contributed by atoms with Gasteiger partial charge in [-0.05, 0) is 47.5 Å². The van der Waals surface area contributed by atoms with Crippen LogP contribution in [-0.4, -0.2) is 0 Å². The van der Waals surface area contributed by atoms with Crippen LogP contribution >= 0.6 is 66.1 Å². The molecule has 0 saturated heterocycles. The zero-order chi connectivity index (χ0) is 11.9. The van der Waals surface area contributed by atoms with E-state index in [0.717, 1.165) is 8.81 Å². The third kappa shape index (κ3) is 2.56. The van der Waals surface area contributed by atoms with E-state index >= 15 is 0 Å². The van der Waals surface area contributed by atoms with Crippen molar-refractivity contribution in [2.45, 2.75) is 18.7 Å². The van der Waals surface area contributed by atoms with Gasteiger partial charge in [-0.1, -0.05) is 27.5 Å². The van der Waals surface area contributed by atoms with Gasteiger partial charge < -0.3 is 0 Å². The van der Waals surface area contributed by atoms with E-state index in [1.807, 2.05) is 17.4 Å². The smallest absolute Gasteiger partial charge is 0.0887 e. The minimum absolute atomic E-state index is 0.249. The first-order chi connectivity index (χ1) is 7.49. The summed E-state index contributed by atoms with van der Waals surface area (Å²) in [5, 5.41) is 0.787. The molecule has 86 valence electrons. The number of rotatable bonds is 2. The number of alkyl halides is 1. The van der Waals surface area contributed by atoms with Gasteiger partial charge in [0.15, 0.2) is 0 Å². The average molecular weight is 401 g/mol. The first-order valence-corrected chi connectivity index (χ1v) is 8.36. The van der Waals surface area contributed by atoms with Crippen molar-refractivity contribution in [3.05, 3.63) is 41.1 Å². The third-order valence-corrected chi connectivity index (χ3v) is 7.70. The SMILES string of the molecule is Cc1cc(C(Br)c2cc(Cl)c(Br)s2)sc1C. The maximum absolute atomic E-state index is 6.04. The fourth-order valence-corrected chi connectivity index (χ4v) is 5.04.